The van der Waals surface area contributed by atoms with E-state index < -0.39 is 17.6 Å². The summed E-state index contributed by atoms with van der Waals surface area (Å²) >= 11 is 6.11. The quantitative estimate of drug-likeness (QED) is 0.613. The van der Waals surface area contributed by atoms with Crippen LogP contribution in [0.5, 0.6) is 0 Å². The molecule has 0 fully saturated rings. The maximum atomic E-state index is 13.4. The summed E-state index contributed by atoms with van der Waals surface area (Å²) in [7, 11) is 0. The van der Waals surface area contributed by atoms with Gasteiger partial charge in [0.2, 0.25) is 0 Å². The molecule has 1 aliphatic rings. The summed E-state index contributed by atoms with van der Waals surface area (Å²) < 4.78 is 13.4. The van der Waals surface area contributed by atoms with Crippen LogP contribution in [-0.2, 0) is 16.1 Å². The van der Waals surface area contributed by atoms with Crippen LogP contribution in [0.25, 0.3) is 5.57 Å². The molecule has 1 aromatic heterocycles. The zero-order chi connectivity index (χ0) is 21.3. The maximum Gasteiger partial charge on any atom is 0.278 e. The molecular weight excluding hydrogens is 405 g/mol. The Kier molecular flexibility index (Phi) is 5.33. The molecule has 0 bridgehead atoms. The van der Waals surface area contributed by atoms with Gasteiger partial charge < -0.3 is 5.32 Å². The lowest BCUT2D eigenvalue weighted by atomic mass is 10.0. The highest BCUT2D eigenvalue weighted by molar-refractivity contribution is 6.36. The van der Waals surface area contributed by atoms with Crippen molar-refractivity contribution in [1.82, 2.24) is 9.88 Å². The predicted molar refractivity (Wildman–Crippen MR) is 113 cm³/mol. The van der Waals surface area contributed by atoms with Gasteiger partial charge in [0, 0.05) is 16.9 Å². The minimum absolute atomic E-state index is 0.0307. The minimum atomic E-state index is -0.482. The number of nitrogens with zero attached hydrogens (tertiary/aromatic N) is 2. The van der Waals surface area contributed by atoms with Gasteiger partial charge in [-0.2, -0.15) is 0 Å². The van der Waals surface area contributed by atoms with Crippen LogP contribution in [0, 0.1) is 12.7 Å². The van der Waals surface area contributed by atoms with E-state index in [4.69, 9.17) is 11.6 Å². The predicted octanol–water partition coefficient (Wildman–Crippen LogP) is 4.57. The molecule has 1 aliphatic heterocycles. The second-order valence-electron chi connectivity index (χ2n) is 6.86. The van der Waals surface area contributed by atoms with Gasteiger partial charge >= 0.3 is 0 Å². The second-order valence-corrected chi connectivity index (χ2v) is 7.30. The van der Waals surface area contributed by atoms with Crippen molar-refractivity contribution in [2.24, 2.45) is 0 Å². The highest BCUT2D eigenvalue weighted by Gasteiger charge is 2.39. The van der Waals surface area contributed by atoms with Crippen molar-refractivity contribution in [1.29, 1.82) is 0 Å². The summed E-state index contributed by atoms with van der Waals surface area (Å²) in [5, 5.41) is 3.57. The summed E-state index contributed by atoms with van der Waals surface area (Å²) in [5.74, 6) is -1.38. The summed E-state index contributed by atoms with van der Waals surface area (Å²) in [6.45, 7) is 1.90. The van der Waals surface area contributed by atoms with Gasteiger partial charge in [-0.25, -0.2) is 4.39 Å². The Bertz CT molecular complexity index is 1160. The summed E-state index contributed by atoms with van der Waals surface area (Å²) in [6.07, 6.45) is 1.60. The SMILES string of the molecule is Cc1ccc(Cl)cc1NC1=C(c2ccc(F)cc2)C(=O)N(Cc2ccccn2)C1=O. The zero-order valence-corrected chi connectivity index (χ0v) is 16.8. The van der Waals surface area contributed by atoms with Crippen molar-refractivity contribution >= 4 is 34.7 Å². The van der Waals surface area contributed by atoms with Crippen LogP contribution in [0.15, 0.2) is 72.6 Å². The van der Waals surface area contributed by atoms with Gasteiger partial charge in [-0.05, 0) is 54.4 Å². The first-order valence-electron chi connectivity index (χ1n) is 9.23. The smallest absolute Gasteiger partial charge is 0.278 e. The number of nitrogens with one attached hydrogen (secondary N) is 1. The second kappa shape index (κ2) is 8.08. The van der Waals surface area contributed by atoms with Crippen LogP contribution in [0.3, 0.4) is 0 Å². The van der Waals surface area contributed by atoms with Crippen molar-refractivity contribution in [2.45, 2.75) is 13.5 Å². The Morgan fingerprint density at radius 2 is 1.80 bits per heavy atom. The van der Waals surface area contributed by atoms with Crippen molar-refractivity contribution in [3.05, 3.63) is 100 Å². The first-order chi connectivity index (χ1) is 14.4. The van der Waals surface area contributed by atoms with Crippen LogP contribution in [0.4, 0.5) is 10.1 Å². The van der Waals surface area contributed by atoms with Crippen LogP contribution < -0.4 is 5.32 Å². The first-order valence-corrected chi connectivity index (χ1v) is 9.61. The van der Waals surface area contributed by atoms with Crippen molar-refractivity contribution < 1.29 is 14.0 Å². The third kappa shape index (κ3) is 3.82. The van der Waals surface area contributed by atoms with Crippen LogP contribution in [-0.4, -0.2) is 21.7 Å². The third-order valence-electron chi connectivity index (χ3n) is 4.81. The number of hydrogen-bond donors (Lipinski definition) is 1. The fraction of sp³-hybridized carbons (Fsp3) is 0.0870. The van der Waals surface area contributed by atoms with E-state index in [0.717, 1.165) is 10.5 Å². The number of pyridine rings is 1. The molecule has 30 heavy (non-hydrogen) atoms. The molecule has 7 heteroatoms. The first kappa shape index (κ1) is 19.8. The fourth-order valence-electron chi connectivity index (χ4n) is 3.24. The molecule has 3 aromatic rings. The molecule has 2 heterocycles. The van der Waals surface area contributed by atoms with E-state index in [-0.39, 0.29) is 17.8 Å². The van der Waals surface area contributed by atoms with Crippen molar-refractivity contribution in [3.8, 4) is 0 Å². The largest absolute Gasteiger partial charge is 0.350 e. The minimum Gasteiger partial charge on any atom is -0.350 e. The maximum absolute atomic E-state index is 13.4. The molecule has 150 valence electrons. The van der Waals surface area contributed by atoms with Crippen molar-refractivity contribution in [2.75, 3.05) is 5.32 Å². The Morgan fingerprint density at radius 1 is 1.03 bits per heavy atom. The molecule has 5 nitrogen and oxygen atoms in total. The normalized spacial score (nSPS) is 13.9. The Morgan fingerprint density at radius 3 is 2.50 bits per heavy atom. The summed E-state index contributed by atoms with van der Waals surface area (Å²) in [6, 6.07) is 16.0. The molecule has 1 N–H and O–H groups in total. The lowest BCUT2D eigenvalue weighted by Gasteiger charge is -2.15. The molecule has 0 spiro atoms. The number of carbonyl (C=O) groups excluding carboxylic acids is 2. The van der Waals surface area contributed by atoms with Crippen LogP contribution in [0.1, 0.15) is 16.8 Å². The number of aromatic nitrogens is 1. The Labute approximate surface area is 177 Å². The number of benzene rings is 2. The third-order valence-corrected chi connectivity index (χ3v) is 5.04. The lowest BCUT2D eigenvalue weighted by molar-refractivity contribution is -0.137. The number of hydrogen-bond acceptors (Lipinski definition) is 4. The number of carbonyl (C=O) groups is 2. The van der Waals surface area contributed by atoms with Gasteiger partial charge in [0.15, 0.2) is 0 Å². The van der Waals surface area contributed by atoms with Gasteiger partial charge in [-0.15, -0.1) is 0 Å². The molecule has 0 atom stereocenters. The molecule has 0 radical (unpaired) electrons. The Balaban J connectivity index is 1.77. The van der Waals surface area contributed by atoms with Gasteiger partial charge in [0.05, 0.1) is 17.8 Å². The number of imide groups is 1. The van der Waals surface area contributed by atoms with Crippen molar-refractivity contribution in [3.63, 3.8) is 0 Å². The number of aryl methyl sites for hydroxylation is 1. The van der Waals surface area contributed by atoms with Gasteiger partial charge in [-0.1, -0.05) is 35.9 Å². The standard InChI is InChI=1S/C23H17ClFN3O2/c1-14-5-8-16(24)12-19(14)27-21-20(15-6-9-17(25)10-7-15)22(29)28(23(21)30)13-18-4-2-3-11-26-18/h2-12,27H,13H2,1H3. The number of amides is 2. The molecule has 0 unspecified atom stereocenters. The molecule has 4 rings (SSSR count). The van der Waals surface area contributed by atoms with E-state index >= 15 is 0 Å². The summed E-state index contributed by atoms with van der Waals surface area (Å²) in [4.78, 5) is 31.8. The van der Waals surface area contributed by atoms with E-state index in [2.05, 4.69) is 10.3 Å². The van der Waals surface area contributed by atoms with E-state index in [9.17, 15) is 14.0 Å². The topological polar surface area (TPSA) is 62.3 Å². The Hall–Kier alpha value is -3.51. The molecule has 0 saturated carbocycles. The monoisotopic (exact) mass is 421 g/mol. The molecular formula is C23H17ClFN3O2. The van der Waals surface area contributed by atoms with Gasteiger partial charge in [-0.3, -0.25) is 19.5 Å². The average Bonchev–Trinajstić information content (AvgIpc) is 2.96. The fourth-order valence-corrected chi connectivity index (χ4v) is 3.41. The lowest BCUT2D eigenvalue weighted by Crippen LogP contribution is -2.32. The molecule has 0 aliphatic carbocycles. The van der Waals surface area contributed by atoms with Gasteiger partial charge in [0.25, 0.3) is 11.8 Å². The van der Waals surface area contributed by atoms with E-state index in [1.54, 1.807) is 36.5 Å². The van der Waals surface area contributed by atoms with Crippen LogP contribution in [0.2, 0.25) is 5.02 Å². The molecule has 2 amide bonds. The highest BCUT2D eigenvalue weighted by atomic mass is 35.5. The van der Waals surface area contributed by atoms with Gasteiger partial charge in [0.1, 0.15) is 11.5 Å². The molecule has 0 saturated heterocycles. The van der Waals surface area contributed by atoms with E-state index in [1.165, 1.54) is 24.3 Å². The number of anilines is 1. The number of rotatable bonds is 5. The van der Waals surface area contributed by atoms with E-state index in [0.29, 0.717) is 22.0 Å². The highest BCUT2D eigenvalue weighted by Crippen LogP contribution is 2.32. The van der Waals surface area contributed by atoms with Crippen LogP contribution >= 0.6 is 11.6 Å². The van der Waals surface area contributed by atoms with E-state index in [1.807, 2.05) is 13.0 Å². The molecule has 2 aromatic carbocycles. The zero-order valence-electron chi connectivity index (χ0n) is 16.0. The number of halogens is 2. The summed E-state index contributed by atoms with van der Waals surface area (Å²) in [5.41, 5.74) is 2.79. The average molecular weight is 422 g/mol.